The number of carbonyl (C=O) groups excluding carboxylic acids is 4. The lowest BCUT2D eigenvalue weighted by atomic mass is 9.93. The number of piperazine rings is 1. The molecule has 3 saturated heterocycles. The maximum absolute atomic E-state index is 15.5. The number of anilines is 2. The molecule has 1 unspecified atom stereocenters. The Morgan fingerprint density at radius 3 is 2.31 bits per heavy atom. The van der Waals surface area contributed by atoms with Crippen LogP contribution in [0.25, 0.3) is 22.0 Å². The van der Waals surface area contributed by atoms with Crippen molar-refractivity contribution in [1.82, 2.24) is 30.0 Å². The molecule has 0 spiro atoms. The second kappa shape index (κ2) is 14.1. The standard InChI is InChI=1S/C41H44F2N8O4/c1-47-10-9-33-30(23-47)27-3-2-25(19-34(27)45-33)26-18-32(43)38(44-22-26)50-12-7-24(8-13-50)6-11-48-14-16-49(17-15-48)36-21-29-28(20-31(36)42)40(54)51(41(29)55)35-4-5-37(52)46-39(35)53/h2-3,18-22,24,35,45H,4-17,23H2,1H3,(H,46,52,53). The number of likely N-dealkylation sites (N-methyl/N-ethyl adjacent to an activating group) is 1. The van der Waals surface area contributed by atoms with Crippen molar-refractivity contribution in [1.29, 1.82) is 0 Å². The van der Waals surface area contributed by atoms with Crippen LogP contribution in [-0.2, 0) is 22.6 Å². The Labute approximate surface area is 317 Å². The summed E-state index contributed by atoms with van der Waals surface area (Å²) in [7, 11) is 2.14. The fourth-order valence-electron chi connectivity index (χ4n) is 9.09. The zero-order valence-corrected chi connectivity index (χ0v) is 30.9. The van der Waals surface area contributed by atoms with E-state index < -0.39 is 35.5 Å². The van der Waals surface area contributed by atoms with Gasteiger partial charge in [0.15, 0.2) is 11.6 Å². The van der Waals surface area contributed by atoms with Crippen LogP contribution in [0.4, 0.5) is 20.3 Å². The first-order valence-corrected chi connectivity index (χ1v) is 19.4. The fourth-order valence-corrected chi connectivity index (χ4v) is 9.09. The number of nitrogens with one attached hydrogen (secondary N) is 2. The van der Waals surface area contributed by atoms with E-state index in [1.165, 1.54) is 22.7 Å². The van der Waals surface area contributed by atoms with Crippen LogP contribution in [0.2, 0.25) is 0 Å². The highest BCUT2D eigenvalue weighted by atomic mass is 19.1. The number of aromatic nitrogens is 2. The van der Waals surface area contributed by atoms with Gasteiger partial charge in [0.25, 0.3) is 11.8 Å². The van der Waals surface area contributed by atoms with E-state index in [1.807, 2.05) is 4.90 Å². The van der Waals surface area contributed by atoms with E-state index in [1.54, 1.807) is 12.3 Å². The van der Waals surface area contributed by atoms with Gasteiger partial charge in [-0.3, -0.25) is 34.3 Å². The van der Waals surface area contributed by atoms with Crippen molar-refractivity contribution in [3.05, 3.63) is 76.6 Å². The van der Waals surface area contributed by atoms with Gasteiger partial charge in [-0.15, -0.1) is 0 Å². The van der Waals surface area contributed by atoms with E-state index >= 15 is 8.78 Å². The van der Waals surface area contributed by atoms with Gasteiger partial charge in [0.05, 0.1) is 16.8 Å². The first-order valence-electron chi connectivity index (χ1n) is 19.4. The third-order valence-corrected chi connectivity index (χ3v) is 12.3. The van der Waals surface area contributed by atoms with E-state index in [-0.39, 0.29) is 35.5 Å². The Morgan fingerprint density at radius 2 is 1.56 bits per heavy atom. The van der Waals surface area contributed by atoms with Crippen LogP contribution in [0.15, 0.2) is 42.6 Å². The molecule has 14 heteroatoms. The van der Waals surface area contributed by atoms with Crippen molar-refractivity contribution in [3.63, 3.8) is 0 Å². The summed E-state index contributed by atoms with van der Waals surface area (Å²) in [6.45, 7) is 6.94. The molecular weight excluding hydrogens is 706 g/mol. The van der Waals surface area contributed by atoms with Crippen LogP contribution in [0.3, 0.4) is 0 Å². The summed E-state index contributed by atoms with van der Waals surface area (Å²) in [6.07, 6.45) is 5.77. The summed E-state index contributed by atoms with van der Waals surface area (Å²) in [5.41, 5.74) is 5.71. The molecule has 4 amide bonds. The molecule has 7 heterocycles. The molecule has 0 aliphatic carbocycles. The molecule has 0 saturated carbocycles. The smallest absolute Gasteiger partial charge is 0.262 e. The molecule has 1 atom stereocenters. The molecule has 5 aliphatic heterocycles. The minimum atomic E-state index is -1.10. The summed E-state index contributed by atoms with van der Waals surface area (Å²) in [6, 6.07) is 9.33. The molecule has 0 radical (unpaired) electrons. The number of rotatable bonds is 7. The second-order valence-electron chi connectivity index (χ2n) is 15.7. The van der Waals surface area contributed by atoms with Crippen LogP contribution < -0.4 is 15.1 Å². The monoisotopic (exact) mass is 750 g/mol. The SMILES string of the molecule is CN1CCc2[nH]c3cc(-c4cnc(N5CCC(CCN6CCN(c7cc8c(cc7F)C(=O)N(C7CCC(=O)NC7=O)C8=O)CC6)CC5)c(F)c4)ccc3c2C1. The average Bonchev–Trinajstić information content (AvgIpc) is 3.66. The lowest BCUT2D eigenvalue weighted by molar-refractivity contribution is -0.136. The van der Waals surface area contributed by atoms with Gasteiger partial charge >= 0.3 is 0 Å². The number of benzene rings is 2. The molecule has 5 aliphatic rings. The lowest BCUT2D eigenvalue weighted by Gasteiger charge is -2.38. The van der Waals surface area contributed by atoms with E-state index in [4.69, 9.17) is 0 Å². The number of piperidine rings is 2. The predicted molar refractivity (Wildman–Crippen MR) is 203 cm³/mol. The molecule has 55 heavy (non-hydrogen) atoms. The highest BCUT2D eigenvalue weighted by Crippen LogP contribution is 2.35. The van der Waals surface area contributed by atoms with Crippen molar-refractivity contribution in [3.8, 4) is 11.1 Å². The quantitative estimate of drug-likeness (QED) is 0.266. The fraction of sp³-hybridized carbons (Fsp3) is 0.439. The molecule has 12 nitrogen and oxygen atoms in total. The summed E-state index contributed by atoms with van der Waals surface area (Å²) in [5, 5.41) is 3.41. The Bertz CT molecular complexity index is 2220. The number of aromatic amines is 1. The van der Waals surface area contributed by atoms with Crippen molar-refractivity contribution in [2.24, 2.45) is 5.92 Å². The molecule has 286 valence electrons. The van der Waals surface area contributed by atoms with Gasteiger partial charge in [-0.05, 0) is 80.6 Å². The Kier molecular flexibility index (Phi) is 9.12. The molecule has 4 aromatic rings. The van der Waals surface area contributed by atoms with Crippen LogP contribution in [0.5, 0.6) is 0 Å². The summed E-state index contributed by atoms with van der Waals surface area (Å²) in [5.74, 6) is -2.48. The average molecular weight is 751 g/mol. The normalized spacial score (nSPS) is 21.4. The number of hydrogen-bond donors (Lipinski definition) is 2. The number of halogens is 2. The van der Waals surface area contributed by atoms with Crippen LogP contribution in [0.1, 0.15) is 64.1 Å². The molecule has 2 aromatic heterocycles. The van der Waals surface area contributed by atoms with Crippen molar-refractivity contribution in [2.75, 3.05) is 69.2 Å². The van der Waals surface area contributed by atoms with Crippen LogP contribution >= 0.6 is 0 Å². The molecule has 2 N–H and O–H groups in total. The Morgan fingerprint density at radius 1 is 0.800 bits per heavy atom. The first kappa shape index (κ1) is 35.5. The second-order valence-corrected chi connectivity index (χ2v) is 15.7. The molecular formula is C41H44F2N8O4. The zero-order valence-electron chi connectivity index (χ0n) is 30.9. The van der Waals surface area contributed by atoms with Crippen molar-refractivity contribution < 1.29 is 28.0 Å². The van der Waals surface area contributed by atoms with Gasteiger partial charge in [-0.25, -0.2) is 13.8 Å². The van der Waals surface area contributed by atoms with E-state index in [0.29, 0.717) is 24.8 Å². The minimum Gasteiger partial charge on any atom is -0.367 e. The van der Waals surface area contributed by atoms with Crippen LogP contribution in [0, 0.1) is 17.6 Å². The molecule has 3 fully saturated rings. The van der Waals surface area contributed by atoms with E-state index in [2.05, 4.69) is 55.2 Å². The van der Waals surface area contributed by atoms with Gasteiger partial charge in [0.1, 0.15) is 11.9 Å². The highest BCUT2D eigenvalue weighted by molar-refractivity contribution is 6.23. The third-order valence-electron chi connectivity index (χ3n) is 12.3. The van der Waals surface area contributed by atoms with E-state index in [0.717, 1.165) is 99.1 Å². The number of imide groups is 2. The summed E-state index contributed by atoms with van der Waals surface area (Å²) < 4.78 is 30.9. The number of pyridine rings is 1. The zero-order chi connectivity index (χ0) is 38.0. The third kappa shape index (κ3) is 6.54. The summed E-state index contributed by atoms with van der Waals surface area (Å²) in [4.78, 5) is 68.1. The lowest BCUT2D eigenvalue weighted by Crippen LogP contribution is -2.54. The number of nitrogens with zero attached hydrogens (tertiary/aromatic N) is 6. The number of H-pyrrole nitrogens is 1. The van der Waals surface area contributed by atoms with Crippen molar-refractivity contribution >= 4 is 46.0 Å². The Hall–Kier alpha value is -5.21. The predicted octanol–water partition coefficient (Wildman–Crippen LogP) is 4.33. The molecule has 0 bridgehead atoms. The number of amides is 4. The van der Waals surface area contributed by atoms with Gasteiger partial charge in [-0.2, -0.15) is 0 Å². The number of fused-ring (bicyclic) bond motifs is 4. The van der Waals surface area contributed by atoms with Gasteiger partial charge in [0, 0.05) is 93.6 Å². The van der Waals surface area contributed by atoms with E-state index in [9.17, 15) is 19.2 Å². The van der Waals surface area contributed by atoms with Crippen molar-refractivity contribution in [2.45, 2.75) is 51.1 Å². The maximum atomic E-state index is 15.5. The van der Waals surface area contributed by atoms with Gasteiger partial charge in [-0.1, -0.05) is 12.1 Å². The Balaban J connectivity index is 0.763. The number of hydrogen-bond acceptors (Lipinski definition) is 9. The largest absolute Gasteiger partial charge is 0.367 e. The molecule has 2 aromatic carbocycles. The van der Waals surface area contributed by atoms with Gasteiger partial charge in [0.2, 0.25) is 11.8 Å². The topological polar surface area (TPSA) is 125 Å². The molecule has 9 rings (SSSR count). The minimum absolute atomic E-state index is 0.0201. The summed E-state index contributed by atoms with van der Waals surface area (Å²) >= 11 is 0. The first-order chi connectivity index (χ1) is 26.6. The maximum Gasteiger partial charge on any atom is 0.262 e. The number of carbonyl (C=O) groups is 4. The van der Waals surface area contributed by atoms with Gasteiger partial charge < -0.3 is 19.7 Å². The highest BCUT2D eigenvalue weighted by Gasteiger charge is 2.45. The van der Waals surface area contributed by atoms with Crippen LogP contribution in [-0.4, -0.2) is 114 Å².